The molecule has 0 saturated heterocycles. The fourth-order valence-corrected chi connectivity index (χ4v) is 8.54. The van der Waals surface area contributed by atoms with E-state index in [0.29, 0.717) is 0 Å². The molecule has 0 unspecified atom stereocenters. The summed E-state index contributed by atoms with van der Waals surface area (Å²) in [4.78, 5) is 8.85. The highest BCUT2D eigenvalue weighted by Gasteiger charge is 2.14. The molecule has 40 heavy (non-hydrogen) atoms. The summed E-state index contributed by atoms with van der Waals surface area (Å²) < 4.78 is 2.71. The molecule has 186 valence electrons. The SMILES string of the molecule is c1ccc2c(c1)ccc1c3cc4[nH]c5c6ccc(-c7cc8cc9sccc9cc8s7)cc6ccc5c4cc3[nH]c21. The van der Waals surface area contributed by atoms with E-state index in [1.165, 1.54) is 95.8 Å². The Hall–Kier alpha value is -4.64. The lowest BCUT2D eigenvalue weighted by molar-refractivity contribution is 1.56. The summed E-state index contributed by atoms with van der Waals surface area (Å²) in [6.07, 6.45) is 0. The van der Waals surface area contributed by atoms with E-state index >= 15 is 0 Å². The summed E-state index contributed by atoms with van der Waals surface area (Å²) in [5.74, 6) is 0. The van der Waals surface area contributed by atoms with Crippen molar-refractivity contribution in [1.82, 2.24) is 9.97 Å². The number of nitrogens with one attached hydrogen (secondary N) is 2. The molecule has 0 fully saturated rings. The first kappa shape index (κ1) is 21.2. The van der Waals surface area contributed by atoms with Crippen LogP contribution in [-0.2, 0) is 0 Å². The molecule has 0 bridgehead atoms. The van der Waals surface area contributed by atoms with Crippen molar-refractivity contribution in [3.05, 3.63) is 109 Å². The summed E-state index contributed by atoms with van der Waals surface area (Å²) in [5.41, 5.74) is 6.05. The van der Waals surface area contributed by atoms with Gasteiger partial charge in [-0.25, -0.2) is 0 Å². The fraction of sp³-hybridized carbons (Fsp3) is 0. The molecular formula is C36H20N2S2. The molecule has 0 saturated carbocycles. The van der Waals surface area contributed by atoms with Crippen molar-refractivity contribution in [1.29, 1.82) is 0 Å². The molecule has 0 aliphatic heterocycles. The zero-order valence-electron chi connectivity index (χ0n) is 21.2. The van der Waals surface area contributed by atoms with Crippen LogP contribution in [0, 0.1) is 0 Å². The number of benzene rings is 6. The summed E-state index contributed by atoms with van der Waals surface area (Å²) in [6, 6.07) is 38.4. The smallest absolute Gasteiger partial charge is 0.0544 e. The standard InChI is InChI=1S/C36H20N2S2/c1-2-4-24-19(3-1)5-9-26-28-17-31-29(18-30(28)37-35(24)26)27-10-6-20-13-21(7-8-25(20)36(27)38-31)33-16-23-15-32-22(11-12-39-32)14-34(23)40-33/h1-18,37-38H. The van der Waals surface area contributed by atoms with Crippen LogP contribution >= 0.6 is 22.7 Å². The molecule has 0 atom stereocenters. The summed E-state index contributed by atoms with van der Waals surface area (Å²) in [7, 11) is 0. The number of fused-ring (bicyclic) bond motifs is 12. The Labute approximate surface area is 236 Å². The molecule has 4 heterocycles. The van der Waals surface area contributed by atoms with Gasteiger partial charge < -0.3 is 9.97 Å². The van der Waals surface area contributed by atoms with E-state index in [1.807, 2.05) is 22.7 Å². The van der Waals surface area contributed by atoms with Gasteiger partial charge in [-0.15, -0.1) is 22.7 Å². The maximum atomic E-state index is 3.79. The largest absolute Gasteiger partial charge is 0.354 e. The molecule has 2 nitrogen and oxygen atoms in total. The zero-order valence-corrected chi connectivity index (χ0v) is 22.8. The highest BCUT2D eigenvalue weighted by Crippen LogP contribution is 2.40. The number of hydrogen-bond acceptors (Lipinski definition) is 2. The third-order valence-corrected chi connectivity index (χ3v) is 10.6. The summed E-state index contributed by atoms with van der Waals surface area (Å²) in [5, 5.41) is 15.0. The highest BCUT2D eigenvalue weighted by atomic mass is 32.1. The van der Waals surface area contributed by atoms with Crippen LogP contribution in [0.25, 0.3) is 95.8 Å². The lowest BCUT2D eigenvalue weighted by Gasteiger charge is -2.03. The predicted molar refractivity (Wildman–Crippen MR) is 176 cm³/mol. The number of rotatable bonds is 1. The van der Waals surface area contributed by atoms with E-state index in [-0.39, 0.29) is 0 Å². The lowest BCUT2D eigenvalue weighted by atomic mass is 10.0. The minimum Gasteiger partial charge on any atom is -0.354 e. The fourth-order valence-electron chi connectivity index (χ4n) is 6.63. The van der Waals surface area contributed by atoms with Gasteiger partial charge in [0, 0.05) is 57.6 Å². The van der Waals surface area contributed by atoms with Gasteiger partial charge in [-0.3, -0.25) is 0 Å². The van der Waals surface area contributed by atoms with Crippen LogP contribution in [0.2, 0.25) is 0 Å². The second-order valence-corrected chi connectivity index (χ2v) is 12.8. The van der Waals surface area contributed by atoms with E-state index < -0.39 is 0 Å². The molecule has 4 aromatic heterocycles. The third kappa shape index (κ3) is 2.82. The number of H-pyrrole nitrogens is 2. The second kappa shape index (κ2) is 7.51. The monoisotopic (exact) mass is 544 g/mol. The van der Waals surface area contributed by atoms with Gasteiger partial charge in [0.05, 0.1) is 11.0 Å². The molecule has 0 aliphatic carbocycles. The highest BCUT2D eigenvalue weighted by molar-refractivity contribution is 7.22. The topological polar surface area (TPSA) is 31.6 Å². The van der Waals surface area contributed by atoms with E-state index in [0.717, 1.165) is 0 Å². The van der Waals surface area contributed by atoms with Crippen molar-refractivity contribution in [2.45, 2.75) is 0 Å². The van der Waals surface area contributed by atoms with Crippen LogP contribution in [0.15, 0.2) is 109 Å². The molecule has 10 rings (SSSR count). The van der Waals surface area contributed by atoms with Crippen LogP contribution in [0.4, 0.5) is 0 Å². The third-order valence-electron chi connectivity index (χ3n) is 8.58. The van der Waals surface area contributed by atoms with E-state index in [9.17, 15) is 0 Å². The van der Waals surface area contributed by atoms with Gasteiger partial charge in [-0.2, -0.15) is 0 Å². The van der Waals surface area contributed by atoms with Gasteiger partial charge >= 0.3 is 0 Å². The number of aromatic nitrogens is 2. The van der Waals surface area contributed by atoms with Gasteiger partial charge in [0.25, 0.3) is 0 Å². The summed E-state index contributed by atoms with van der Waals surface area (Å²) >= 11 is 3.69. The molecular weight excluding hydrogens is 525 g/mol. The van der Waals surface area contributed by atoms with Crippen LogP contribution in [-0.4, -0.2) is 9.97 Å². The molecule has 0 amide bonds. The Balaban J connectivity index is 1.16. The molecule has 0 radical (unpaired) electrons. The van der Waals surface area contributed by atoms with Crippen molar-refractivity contribution >= 4 is 108 Å². The van der Waals surface area contributed by atoms with Crippen LogP contribution in [0.3, 0.4) is 0 Å². The number of aromatic amines is 2. The Bertz CT molecular complexity index is 2610. The summed E-state index contributed by atoms with van der Waals surface area (Å²) in [6.45, 7) is 0. The van der Waals surface area contributed by atoms with Crippen LogP contribution < -0.4 is 0 Å². The Morgan fingerprint density at radius 3 is 1.98 bits per heavy atom. The van der Waals surface area contributed by atoms with Crippen molar-refractivity contribution in [3.8, 4) is 10.4 Å². The molecule has 0 aliphatic rings. The minimum atomic E-state index is 1.18. The number of hydrogen-bond donors (Lipinski definition) is 2. The molecule has 6 aromatic carbocycles. The van der Waals surface area contributed by atoms with Crippen molar-refractivity contribution in [3.63, 3.8) is 0 Å². The van der Waals surface area contributed by atoms with E-state index in [4.69, 9.17) is 0 Å². The maximum Gasteiger partial charge on any atom is 0.0544 e. The molecule has 2 N–H and O–H groups in total. The zero-order chi connectivity index (χ0) is 25.9. The van der Waals surface area contributed by atoms with Crippen LogP contribution in [0.5, 0.6) is 0 Å². The Kier molecular flexibility index (Phi) is 3.98. The van der Waals surface area contributed by atoms with E-state index in [1.54, 1.807) is 0 Å². The van der Waals surface area contributed by atoms with Crippen molar-refractivity contribution in [2.75, 3.05) is 0 Å². The molecule has 10 aromatic rings. The Morgan fingerprint density at radius 1 is 0.450 bits per heavy atom. The van der Waals surface area contributed by atoms with Gasteiger partial charge in [0.15, 0.2) is 0 Å². The number of thiophene rings is 2. The van der Waals surface area contributed by atoms with Crippen molar-refractivity contribution < 1.29 is 0 Å². The average molecular weight is 545 g/mol. The minimum absolute atomic E-state index is 1.18. The first-order valence-corrected chi connectivity index (χ1v) is 15.2. The van der Waals surface area contributed by atoms with Gasteiger partial charge in [0.2, 0.25) is 0 Å². The normalized spacial score (nSPS) is 12.5. The lowest BCUT2D eigenvalue weighted by Crippen LogP contribution is -1.78. The van der Waals surface area contributed by atoms with Crippen LogP contribution in [0.1, 0.15) is 0 Å². The quantitative estimate of drug-likeness (QED) is 0.206. The van der Waals surface area contributed by atoms with E-state index in [2.05, 4.69) is 118 Å². The predicted octanol–water partition coefficient (Wildman–Crippen LogP) is 11.4. The molecule has 0 spiro atoms. The first-order valence-electron chi connectivity index (χ1n) is 13.5. The first-order chi connectivity index (χ1) is 19.8. The maximum absolute atomic E-state index is 3.79. The second-order valence-electron chi connectivity index (χ2n) is 10.8. The molecule has 4 heteroatoms. The average Bonchev–Trinajstić information content (AvgIpc) is 3.77. The van der Waals surface area contributed by atoms with Gasteiger partial charge in [0.1, 0.15) is 0 Å². The van der Waals surface area contributed by atoms with Crippen molar-refractivity contribution in [2.24, 2.45) is 0 Å². The van der Waals surface area contributed by atoms with Gasteiger partial charge in [-0.05, 0) is 75.0 Å². The van der Waals surface area contributed by atoms with Gasteiger partial charge in [-0.1, -0.05) is 60.7 Å². The Morgan fingerprint density at radius 2 is 1.15 bits per heavy atom.